The molecule has 3 rings (SSSR count). The second kappa shape index (κ2) is 12.0. The highest BCUT2D eigenvalue weighted by Crippen LogP contribution is 2.19. The van der Waals surface area contributed by atoms with Crippen LogP contribution in [0.25, 0.3) is 10.9 Å². The number of rotatable bonds is 13. The van der Waals surface area contributed by atoms with E-state index in [0.717, 1.165) is 16.5 Å². The number of hydrogen-bond donors (Lipinski definition) is 7. The van der Waals surface area contributed by atoms with Gasteiger partial charge in [-0.25, -0.2) is 9.78 Å². The van der Waals surface area contributed by atoms with Crippen molar-refractivity contribution in [2.75, 3.05) is 6.54 Å². The van der Waals surface area contributed by atoms with Crippen LogP contribution >= 0.6 is 0 Å². The van der Waals surface area contributed by atoms with E-state index in [4.69, 9.17) is 11.5 Å². The molecule has 2 amide bonds. The number of hydrogen-bond acceptors (Lipinski definition) is 6. The van der Waals surface area contributed by atoms with Crippen LogP contribution in [-0.2, 0) is 27.2 Å². The lowest BCUT2D eigenvalue weighted by Gasteiger charge is -2.23. The average molecular weight is 470 g/mol. The number of imidazole rings is 1. The largest absolute Gasteiger partial charge is 0.480 e. The summed E-state index contributed by atoms with van der Waals surface area (Å²) in [6.45, 7) is 0.444. The number of nitrogens with zero attached hydrogens (tertiary/aromatic N) is 1. The predicted molar refractivity (Wildman–Crippen MR) is 127 cm³/mol. The summed E-state index contributed by atoms with van der Waals surface area (Å²) >= 11 is 0. The fraction of sp³-hybridized carbons (Fsp3) is 0.391. The quantitative estimate of drug-likeness (QED) is 0.174. The second-order valence-electron chi connectivity index (χ2n) is 8.20. The van der Waals surface area contributed by atoms with Gasteiger partial charge in [0, 0.05) is 35.4 Å². The molecule has 0 bridgehead atoms. The van der Waals surface area contributed by atoms with Gasteiger partial charge in [0.05, 0.1) is 12.4 Å². The van der Waals surface area contributed by atoms with Gasteiger partial charge >= 0.3 is 5.97 Å². The van der Waals surface area contributed by atoms with Gasteiger partial charge in [-0.15, -0.1) is 0 Å². The van der Waals surface area contributed by atoms with Crippen LogP contribution in [0.1, 0.15) is 30.5 Å². The summed E-state index contributed by atoms with van der Waals surface area (Å²) in [6.07, 6.45) is 6.62. The van der Waals surface area contributed by atoms with Crippen LogP contribution < -0.4 is 22.1 Å². The summed E-state index contributed by atoms with van der Waals surface area (Å²) in [5, 5.41) is 15.7. The Morgan fingerprint density at radius 2 is 1.79 bits per heavy atom. The maximum atomic E-state index is 12.9. The van der Waals surface area contributed by atoms with Crippen LogP contribution in [0.3, 0.4) is 0 Å². The van der Waals surface area contributed by atoms with Crippen molar-refractivity contribution in [2.24, 2.45) is 11.5 Å². The van der Waals surface area contributed by atoms with E-state index in [9.17, 15) is 19.5 Å². The Kier molecular flexibility index (Phi) is 8.77. The number of carboxylic acid groups (broad SMARTS) is 1. The second-order valence-corrected chi connectivity index (χ2v) is 8.20. The van der Waals surface area contributed by atoms with E-state index in [-0.39, 0.29) is 12.8 Å². The van der Waals surface area contributed by atoms with E-state index in [1.54, 1.807) is 0 Å². The van der Waals surface area contributed by atoms with Crippen molar-refractivity contribution in [1.29, 1.82) is 0 Å². The molecule has 0 aliphatic carbocycles. The normalized spacial score (nSPS) is 13.8. The number of para-hydroxylation sites is 1. The average Bonchev–Trinajstić information content (AvgIpc) is 3.48. The van der Waals surface area contributed by atoms with E-state index in [2.05, 4.69) is 25.6 Å². The summed E-state index contributed by atoms with van der Waals surface area (Å²) in [6, 6.07) is 4.70. The first-order chi connectivity index (χ1) is 16.4. The fourth-order valence-electron chi connectivity index (χ4n) is 3.76. The Morgan fingerprint density at radius 3 is 2.50 bits per heavy atom. The fourth-order valence-corrected chi connectivity index (χ4v) is 3.76. The van der Waals surface area contributed by atoms with Gasteiger partial charge in [-0.3, -0.25) is 9.59 Å². The highest BCUT2D eigenvalue weighted by molar-refractivity contribution is 5.92. The number of nitrogens with one attached hydrogen (secondary N) is 4. The molecular formula is C23H31N7O4. The molecule has 3 unspecified atom stereocenters. The zero-order chi connectivity index (χ0) is 24.5. The molecule has 182 valence electrons. The lowest BCUT2D eigenvalue weighted by molar-refractivity contribution is -0.142. The number of aromatic amines is 2. The number of aliphatic carboxylic acids is 1. The van der Waals surface area contributed by atoms with E-state index in [0.29, 0.717) is 31.5 Å². The number of unbranched alkanes of at least 4 members (excludes halogenated alkanes) is 1. The summed E-state index contributed by atoms with van der Waals surface area (Å²) < 4.78 is 0. The molecule has 0 aliphatic heterocycles. The van der Waals surface area contributed by atoms with E-state index in [1.807, 2.05) is 30.5 Å². The SMILES string of the molecule is NCCCCC(NC(=O)C(N)Cc1c[nH]c2ccccc12)C(=O)NC(Cc1cnc[nH]1)C(=O)O. The van der Waals surface area contributed by atoms with Gasteiger partial charge in [0.1, 0.15) is 12.1 Å². The molecule has 0 radical (unpaired) electrons. The van der Waals surface area contributed by atoms with Gasteiger partial charge in [0.15, 0.2) is 0 Å². The molecule has 0 saturated heterocycles. The summed E-state index contributed by atoms with van der Waals surface area (Å²) in [7, 11) is 0. The van der Waals surface area contributed by atoms with E-state index >= 15 is 0 Å². The predicted octanol–water partition coefficient (Wildman–Crippen LogP) is 0.187. The first-order valence-electron chi connectivity index (χ1n) is 11.2. The number of nitrogens with two attached hydrogens (primary N) is 2. The molecule has 1 aromatic carbocycles. The molecule has 9 N–H and O–H groups in total. The molecular weight excluding hydrogens is 438 g/mol. The van der Waals surface area contributed by atoms with Gasteiger partial charge in [0.25, 0.3) is 0 Å². The molecule has 11 heteroatoms. The summed E-state index contributed by atoms with van der Waals surface area (Å²) in [5.74, 6) is -2.26. The highest BCUT2D eigenvalue weighted by Gasteiger charge is 2.28. The van der Waals surface area contributed by atoms with Gasteiger partial charge in [-0.2, -0.15) is 0 Å². The molecule has 3 atom stereocenters. The topological polar surface area (TPSA) is 192 Å². The van der Waals surface area contributed by atoms with Crippen molar-refractivity contribution in [1.82, 2.24) is 25.6 Å². The van der Waals surface area contributed by atoms with Crippen LogP contribution in [0.15, 0.2) is 43.0 Å². The lowest BCUT2D eigenvalue weighted by Crippen LogP contribution is -2.55. The number of fused-ring (bicyclic) bond motifs is 1. The first kappa shape index (κ1) is 24.9. The van der Waals surface area contributed by atoms with Gasteiger partial charge < -0.3 is 37.2 Å². The molecule has 11 nitrogen and oxygen atoms in total. The Balaban J connectivity index is 1.65. The highest BCUT2D eigenvalue weighted by atomic mass is 16.4. The summed E-state index contributed by atoms with van der Waals surface area (Å²) in [5.41, 5.74) is 14.1. The van der Waals surface area contributed by atoms with E-state index in [1.165, 1.54) is 12.5 Å². The van der Waals surface area contributed by atoms with Crippen molar-refractivity contribution in [3.63, 3.8) is 0 Å². The molecule has 0 saturated carbocycles. The van der Waals surface area contributed by atoms with Crippen LogP contribution in [0.2, 0.25) is 0 Å². The third-order valence-corrected chi connectivity index (χ3v) is 5.62. The Bertz CT molecular complexity index is 1100. The third kappa shape index (κ3) is 6.65. The summed E-state index contributed by atoms with van der Waals surface area (Å²) in [4.78, 5) is 47.3. The van der Waals surface area contributed by atoms with Crippen molar-refractivity contribution < 1.29 is 19.5 Å². The molecule has 3 aromatic rings. The monoisotopic (exact) mass is 469 g/mol. The van der Waals surface area contributed by atoms with Crippen molar-refractivity contribution >= 4 is 28.7 Å². The zero-order valence-corrected chi connectivity index (χ0v) is 18.8. The smallest absolute Gasteiger partial charge is 0.326 e. The minimum absolute atomic E-state index is 0.0324. The van der Waals surface area contributed by atoms with Crippen LogP contribution in [0, 0.1) is 0 Å². The molecule has 0 spiro atoms. The first-order valence-corrected chi connectivity index (χ1v) is 11.2. The number of amides is 2. The number of carbonyl (C=O) groups is 3. The lowest BCUT2D eigenvalue weighted by atomic mass is 10.0. The molecule has 34 heavy (non-hydrogen) atoms. The minimum Gasteiger partial charge on any atom is -0.480 e. The minimum atomic E-state index is -1.19. The molecule has 0 fully saturated rings. The molecule has 2 aromatic heterocycles. The zero-order valence-electron chi connectivity index (χ0n) is 18.8. The van der Waals surface area contributed by atoms with Crippen molar-refractivity contribution in [2.45, 2.75) is 50.2 Å². The van der Waals surface area contributed by atoms with Crippen LogP contribution in [-0.4, -0.2) is 62.5 Å². The number of carbonyl (C=O) groups excluding carboxylic acids is 2. The maximum Gasteiger partial charge on any atom is 0.326 e. The standard InChI is InChI=1S/C23H31N7O4/c24-8-4-3-7-19(22(32)30-20(23(33)34)10-15-12-26-13-28-15)29-21(31)17(25)9-14-11-27-18-6-2-1-5-16(14)18/h1-2,5-6,11-13,17,19-20,27H,3-4,7-10,24-25H2,(H,26,28)(H,29,31)(H,30,32)(H,33,34). The third-order valence-electron chi connectivity index (χ3n) is 5.62. The number of carboxylic acids is 1. The van der Waals surface area contributed by atoms with E-state index < -0.39 is 35.9 Å². The number of benzene rings is 1. The van der Waals surface area contributed by atoms with Crippen molar-refractivity contribution in [3.8, 4) is 0 Å². The van der Waals surface area contributed by atoms with Gasteiger partial charge in [-0.05, 0) is 43.9 Å². The van der Waals surface area contributed by atoms with Gasteiger partial charge in [-0.1, -0.05) is 18.2 Å². The van der Waals surface area contributed by atoms with Gasteiger partial charge in [0.2, 0.25) is 11.8 Å². The Morgan fingerprint density at radius 1 is 1.03 bits per heavy atom. The Hall–Kier alpha value is -3.70. The van der Waals surface area contributed by atoms with Crippen molar-refractivity contribution in [3.05, 3.63) is 54.2 Å². The molecule has 0 aliphatic rings. The molecule has 2 heterocycles. The number of H-pyrrole nitrogens is 2. The van der Waals surface area contributed by atoms with Crippen LogP contribution in [0.5, 0.6) is 0 Å². The van der Waals surface area contributed by atoms with Crippen LogP contribution in [0.4, 0.5) is 0 Å². The Labute approximate surface area is 196 Å². The number of aromatic nitrogens is 3. The maximum absolute atomic E-state index is 12.9.